The molecular weight excluding hydrogens is 426 g/mol. The normalized spacial score (nSPS) is 13.8. The van der Waals surface area contributed by atoms with E-state index in [-0.39, 0.29) is 5.91 Å². The lowest BCUT2D eigenvalue weighted by Crippen LogP contribution is -2.49. The first kappa shape index (κ1) is 21.8. The monoisotopic (exact) mass is 453 g/mol. The highest BCUT2D eigenvalue weighted by atomic mass is 16.2. The van der Waals surface area contributed by atoms with Crippen molar-refractivity contribution in [3.63, 3.8) is 0 Å². The van der Waals surface area contributed by atoms with Gasteiger partial charge in [0.1, 0.15) is 0 Å². The zero-order valence-electron chi connectivity index (χ0n) is 19.2. The molecule has 1 N–H and O–H groups in total. The van der Waals surface area contributed by atoms with E-state index in [4.69, 9.17) is 0 Å². The summed E-state index contributed by atoms with van der Waals surface area (Å²) < 4.78 is 0. The van der Waals surface area contributed by atoms with Gasteiger partial charge in [0, 0.05) is 62.3 Å². The first-order chi connectivity index (χ1) is 16.7. The van der Waals surface area contributed by atoms with E-state index in [1.54, 1.807) is 0 Å². The third-order valence-electron chi connectivity index (χ3n) is 6.09. The zero-order valence-corrected chi connectivity index (χ0v) is 19.2. The molecule has 2 aromatic heterocycles. The van der Waals surface area contributed by atoms with E-state index in [1.165, 1.54) is 0 Å². The number of amides is 1. The Bertz CT molecular complexity index is 1270. The van der Waals surface area contributed by atoms with Crippen LogP contribution in [0.2, 0.25) is 0 Å². The van der Waals surface area contributed by atoms with Crippen molar-refractivity contribution >= 4 is 28.7 Å². The molecule has 34 heavy (non-hydrogen) atoms. The molecule has 1 aliphatic rings. The first-order valence-electron chi connectivity index (χ1n) is 11.6. The van der Waals surface area contributed by atoms with Gasteiger partial charge in [0.15, 0.2) is 0 Å². The highest BCUT2D eigenvalue weighted by Crippen LogP contribution is 2.16. The predicted molar refractivity (Wildman–Crippen MR) is 133 cm³/mol. The van der Waals surface area contributed by atoms with Crippen molar-refractivity contribution in [3.05, 3.63) is 83.8 Å². The Hall–Kier alpha value is -4.07. The molecule has 0 bridgehead atoms. The number of carbonyl (C=O) groups excluding carboxylic acids is 1. The highest BCUT2D eigenvalue weighted by molar-refractivity contribution is 5.94. The zero-order chi connectivity index (χ0) is 23.3. The number of rotatable bonds is 6. The molecule has 3 heterocycles. The van der Waals surface area contributed by atoms with E-state index in [0.29, 0.717) is 31.1 Å². The van der Waals surface area contributed by atoms with Crippen molar-refractivity contribution in [2.45, 2.75) is 19.9 Å². The SMILES string of the molecule is CCc1cnc(N2CCN(C(=O)c3ccc(CNc4ncc5ccccc5n4)cc3)CC2)nc1. The lowest BCUT2D eigenvalue weighted by Gasteiger charge is -2.34. The van der Waals surface area contributed by atoms with Crippen LogP contribution in [0.15, 0.2) is 67.1 Å². The summed E-state index contributed by atoms with van der Waals surface area (Å²) in [5.74, 6) is 1.38. The van der Waals surface area contributed by atoms with Crippen molar-refractivity contribution in [1.29, 1.82) is 0 Å². The Labute approximate surface area is 198 Å². The van der Waals surface area contributed by atoms with Gasteiger partial charge in [-0.1, -0.05) is 37.3 Å². The van der Waals surface area contributed by atoms with Gasteiger partial charge in [-0.05, 0) is 35.7 Å². The largest absolute Gasteiger partial charge is 0.350 e. The number of nitrogens with zero attached hydrogens (tertiary/aromatic N) is 6. The van der Waals surface area contributed by atoms with Crippen LogP contribution in [-0.4, -0.2) is 56.9 Å². The maximum Gasteiger partial charge on any atom is 0.253 e. The van der Waals surface area contributed by atoms with E-state index in [0.717, 1.165) is 47.5 Å². The average Bonchev–Trinajstić information content (AvgIpc) is 2.92. The van der Waals surface area contributed by atoms with Gasteiger partial charge >= 0.3 is 0 Å². The van der Waals surface area contributed by atoms with Crippen molar-refractivity contribution in [1.82, 2.24) is 24.8 Å². The lowest BCUT2D eigenvalue weighted by atomic mass is 10.1. The minimum absolute atomic E-state index is 0.0549. The van der Waals surface area contributed by atoms with Crippen LogP contribution in [-0.2, 0) is 13.0 Å². The van der Waals surface area contributed by atoms with Gasteiger partial charge in [0.2, 0.25) is 11.9 Å². The number of hydrogen-bond acceptors (Lipinski definition) is 7. The van der Waals surface area contributed by atoms with Crippen LogP contribution in [0.25, 0.3) is 10.9 Å². The predicted octanol–water partition coefficient (Wildman–Crippen LogP) is 3.56. The van der Waals surface area contributed by atoms with Crippen LogP contribution < -0.4 is 10.2 Å². The molecule has 0 aliphatic carbocycles. The van der Waals surface area contributed by atoms with Crippen LogP contribution in [0.5, 0.6) is 0 Å². The van der Waals surface area contributed by atoms with Crippen molar-refractivity contribution < 1.29 is 4.79 Å². The number of nitrogens with one attached hydrogen (secondary N) is 1. The molecule has 0 spiro atoms. The van der Waals surface area contributed by atoms with Gasteiger partial charge in [0.25, 0.3) is 5.91 Å². The molecule has 172 valence electrons. The summed E-state index contributed by atoms with van der Waals surface area (Å²) >= 11 is 0. The van der Waals surface area contributed by atoms with Gasteiger partial charge in [0.05, 0.1) is 5.52 Å². The summed E-state index contributed by atoms with van der Waals surface area (Å²) in [6, 6.07) is 15.6. The van der Waals surface area contributed by atoms with Crippen molar-refractivity contribution in [2.75, 3.05) is 36.4 Å². The van der Waals surface area contributed by atoms with E-state index in [9.17, 15) is 4.79 Å². The summed E-state index contributed by atoms with van der Waals surface area (Å²) in [4.78, 5) is 34.8. The number of anilines is 2. The van der Waals surface area contributed by atoms with Crippen LogP contribution in [0.3, 0.4) is 0 Å². The molecule has 1 saturated heterocycles. The molecule has 8 heteroatoms. The van der Waals surface area contributed by atoms with Gasteiger partial charge in [-0.3, -0.25) is 4.79 Å². The summed E-state index contributed by atoms with van der Waals surface area (Å²) in [7, 11) is 0. The van der Waals surface area contributed by atoms with Gasteiger partial charge in [-0.15, -0.1) is 0 Å². The second kappa shape index (κ2) is 9.82. The summed E-state index contributed by atoms with van der Waals surface area (Å²) in [5, 5.41) is 4.27. The van der Waals surface area contributed by atoms with Gasteiger partial charge in [-0.2, -0.15) is 0 Å². The van der Waals surface area contributed by atoms with Crippen molar-refractivity contribution in [2.24, 2.45) is 0 Å². The van der Waals surface area contributed by atoms with Gasteiger partial charge < -0.3 is 15.1 Å². The third-order valence-corrected chi connectivity index (χ3v) is 6.09. The number of hydrogen-bond donors (Lipinski definition) is 1. The molecule has 0 unspecified atom stereocenters. The van der Waals surface area contributed by atoms with Crippen LogP contribution in [0.4, 0.5) is 11.9 Å². The maximum atomic E-state index is 13.0. The molecule has 0 atom stereocenters. The molecule has 2 aromatic carbocycles. The third kappa shape index (κ3) is 4.80. The minimum atomic E-state index is 0.0549. The maximum absolute atomic E-state index is 13.0. The minimum Gasteiger partial charge on any atom is -0.350 e. The topological polar surface area (TPSA) is 87.1 Å². The smallest absolute Gasteiger partial charge is 0.253 e. The molecule has 0 radical (unpaired) electrons. The molecule has 1 amide bonds. The van der Waals surface area contributed by atoms with Crippen LogP contribution in [0, 0.1) is 0 Å². The molecule has 5 rings (SSSR count). The second-order valence-corrected chi connectivity index (χ2v) is 8.33. The second-order valence-electron chi connectivity index (χ2n) is 8.33. The molecule has 1 aliphatic heterocycles. The summed E-state index contributed by atoms with van der Waals surface area (Å²) in [5.41, 5.74) is 3.79. The number of benzene rings is 2. The fourth-order valence-electron chi connectivity index (χ4n) is 3.99. The van der Waals surface area contributed by atoms with E-state index in [1.807, 2.05) is 72.0 Å². The van der Waals surface area contributed by atoms with Crippen LogP contribution in [0.1, 0.15) is 28.4 Å². The fraction of sp³-hybridized carbons (Fsp3) is 0.269. The summed E-state index contributed by atoms with van der Waals surface area (Å²) in [6.07, 6.45) is 6.50. The number of para-hydroxylation sites is 1. The molecule has 1 fully saturated rings. The van der Waals surface area contributed by atoms with E-state index >= 15 is 0 Å². The quantitative estimate of drug-likeness (QED) is 0.478. The Morgan fingerprint density at radius 2 is 1.62 bits per heavy atom. The number of aromatic nitrogens is 4. The van der Waals surface area contributed by atoms with Crippen LogP contribution >= 0.6 is 0 Å². The lowest BCUT2D eigenvalue weighted by molar-refractivity contribution is 0.0746. The number of aryl methyl sites for hydroxylation is 1. The van der Waals surface area contributed by atoms with Gasteiger partial charge in [-0.25, -0.2) is 19.9 Å². The fourth-order valence-corrected chi connectivity index (χ4v) is 3.99. The average molecular weight is 454 g/mol. The standard InChI is InChI=1S/C26H27N7O/c1-2-19-15-29-26(30-16-19)33-13-11-32(12-14-33)24(34)21-9-7-20(8-10-21)17-27-25-28-18-22-5-3-4-6-23(22)31-25/h3-10,15-16,18H,2,11-14,17H2,1H3,(H,27,28,31). The van der Waals surface area contributed by atoms with E-state index in [2.05, 4.69) is 37.1 Å². The number of carbonyl (C=O) groups is 1. The molecule has 0 saturated carbocycles. The summed E-state index contributed by atoms with van der Waals surface area (Å²) in [6.45, 7) is 5.43. The Balaban J connectivity index is 1.15. The molecule has 8 nitrogen and oxygen atoms in total. The Morgan fingerprint density at radius 3 is 2.35 bits per heavy atom. The number of fused-ring (bicyclic) bond motifs is 1. The Kier molecular flexibility index (Phi) is 6.29. The number of piperazine rings is 1. The van der Waals surface area contributed by atoms with Crippen molar-refractivity contribution in [3.8, 4) is 0 Å². The molecule has 4 aromatic rings. The highest BCUT2D eigenvalue weighted by Gasteiger charge is 2.23. The first-order valence-corrected chi connectivity index (χ1v) is 11.6. The Morgan fingerprint density at radius 1 is 0.882 bits per heavy atom. The van der Waals surface area contributed by atoms with E-state index < -0.39 is 0 Å². The molecular formula is C26H27N7O.